The van der Waals surface area contributed by atoms with Gasteiger partial charge >= 0.3 is 0 Å². The van der Waals surface area contributed by atoms with Crippen LogP contribution in [0.2, 0.25) is 10.0 Å². The van der Waals surface area contributed by atoms with Gasteiger partial charge in [0.1, 0.15) is 6.10 Å². The summed E-state index contributed by atoms with van der Waals surface area (Å²) in [6, 6.07) is 6.85. The third kappa shape index (κ3) is 2.46. The normalized spacial score (nSPS) is 12.8. The lowest BCUT2D eigenvalue weighted by Gasteiger charge is -2.13. The summed E-state index contributed by atoms with van der Waals surface area (Å²) >= 11 is 12.0. The van der Waals surface area contributed by atoms with Crippen LogP contribution >= 0.6 is 23.2 Å². The second kappa shape index (κ2) is 4.69. The van der Waals surface area contributed by atoms with Gasteiger partial charge in [0.05, 0.1) is 11.4 Å². The Morgan fingerprint density at radius 2 is 2.00 bits per heavy atom. The molecule has 0 bridgehead atoms. The van der Waals surface area contributed by atoms with Gasteiger partial charge in [0.15, 0.2) is 0 Å². The van der Waals surface area contributed by atoms with E-state index in [1.165, 1.54) is 0 Å². The van der Waals surface area contributed by atoms with Gasteiger partial charge in [0.2, 0.25) is 0 Å². The number of hydrogen-bond donors (Lipinski definition) is 1. The van der Waals surface area contributed by atoms with Crippen molar-refractivity contribution in [3.05, 3.63) is 51.3 Å². The molecule has 0 aliphatic carbocycles. The molecule has 0 spiro atoms. The van der Waals surface area contributed by atoms with Crippen molar-refractivity contribution in [3.63, 3.8) is 0 Å². The fraction of sp³-hybridized carbons (Fsp3) is 0.250. The zero-order valence-corrected chi connectivity index (χ0v) is 11.0. The van der Waals surface area contributed by atoms with Gasteiger partial charge in [-0.25, -0.2) is 0 Å². The summed E-state index contributed by atoms with van der Waals surface area (Å²) in [5.74, 6) is 0. The summed E-state index contributed by atoms with van der Waals surface area (Å²) < 4.78 is 1.64. The van der Waals surface area contributed by atoms with Crippen LogP contribution in [0.1, 0.15) is 23.1 Å². The Hall–Kier alpha value is -1.03. The standard InChI is InChI=1S/C12H12Cl2N2O/c1-7-5-11(16(2)15-7)12(17)9-6-8(13)3-4-10(9)14/h3-6,12,17H,1-2H3. The van der Waals surface area contributed by atoms with Gasteiger partial charge in [-0.15, -0.1) is 0 Å². The number of aliphatic hydroxyl groups excluding tert-OH is 1. The van der Waals surface area contributed by atoms with E-state index in [9.17, 15) is 5.11 Å². The molecule has 0 saturated carbocycles. The lowest BCUT2D eigenvalue weighted by Crippen LogP contribution is -2.07. The largest absolute Gasteiger partial charge is 0.382 e. The molecule has 1 N–H and O–H groups in total. The molecule has 2 rings (SSSR count). The molecule has 3 nitrogen and oxygen atoms in total. The molecule has 90 valence electrons. The molecule has 1 unspecified atom stereocenters. The molecule has 17 heavy (non-hydrogen) atoms. The van der Waals surface area contributed by atoms with E-state index in [0.29, 0.717) is 21.3 Å². The predicted molar refractivity (Wildman–Crippen MR) is 68.5 cm³/mol. The number of benzene rings is 1. The first-order chi connectivity index (χ1) is 7.99. The first kappa shape index (κ1) is 12.4. The van der Waals surface area contributed by atoms with Gasteiger partial charge in [0, 0.05) is 22.7 Å². The highest BCUT2D eigenvalue weighted by Gasteiger charge is 2.18. The summed E-state index contributed by atoms with van der Waals surface area (Å²) in [6.07, 6.45) is -0.826. The van der Waals surface area contributed by atoms with Crippen molar-refractivity contribution in [2.75, 3.05) is 0 Å². The molecule has 0 aliphatic rings. The van der Waals surface area contributed by atoms with Crippen molar-refractivity contribution in [3.8, 4) is 0 Å². The van der Waals surface area contributed by atoms with Crippen molar-refractivity contribution < 1.29 is 5.11 Å². The van der Waals surface area contributed by atoms with Crippen LogP contribution in [0.25, 0.3) is 0 Å². The van der Waals surface area contributed by atoms with E-state index in [1.807, 2.05) is 13.0 Å². The van der Waals surface area contributed by atoms with Gasteiger partial charge in [-0.05, 0) is 31.2 Å². The topological polar surface area (TPSA) is 38.0 Å². The number of halogens is 2. The summed E-state index contributed by atoms with van der Waals surface area (Å²) in [6.45, 7) is 1.87. The maximum absolute atomic E-state index is 10.3. The molecule has 2 aromatic rings. The molecule has 1 aromatic carbocycles. The van der Waals surface area contributed by atoms with Gasteiger partial charge in [-0.1, -0.05) is 23.2 Å². The van der Waals surface area contributed by atoms with Crippen LogP contribution in [0.15, 0.2) is 24.3 Å². The van der Waals surface area contributed by atoms with E-state index in [4.69, 9.17) is 23.2 Å². The summed E-state index contributed by atoms with van der Waals surface area (Å²) in [5, 5.41) is 15.5. The second-order valence-electron chi connectivity index (χ2n) is 3.90. The maximum Gasteiger partial charge on any atom is 0.122 e. The monoisotopic (exact) mass is 270 g/mol. The third-order valence-electron chi connectivity index (χ3n) is 2.57. The Labute approximate surface area is 110 Å². The first-order valence-electron chi connectivity index (χ1n) is 5.12. The first-order valence-corrected chi connectivity index (χ1v) is 5.88. The highest BCUT2D eigenvalue weighted by Crippen LogP contribution is 2.30. The van der Waals surface area contributed by atoms with Crippen LogP contribution in [-0.2, 0) is 7.05 Å². The van der Waals surface area contributed by atoms with E-state index in [2.05, 4.69) is 5.10 Å². The van der Waals surface area contributed by atoms with E-state index >= 15 is 0 Å². The number of hydrogen-bond acceptors (Lipinski definition) is 2. The Balaban J connectivity index is 2.46. The van der Waals surface area contributed by atoms with E-state index < -0.39 is 6.10 Å². The molecule has 0 amide bonds. The molecular weight excluding hydrogens is 259 g/mol. The Bertz CT molecular complexity index is 551. The average molecular weight is 271 g/mol. The third-order valence-corrected chi connectivity index (χ3v) is 3.15. The molecule has 0 radical (unpaired) electrons. The quantitative estimate of drug-likeness (QED) is 0.911. The van der Waals surface area contributed by atoms with Crippen LogP contribution in [0.5, 0.6) is 0 Å². The number of nitrogens with zero attached hydrogens (tertiary/aromatic N) is 2. The van der Waals surface area contributed by atoms with E-state index in [-0.39, 0.29) is 0 Å². The van der Waals surface area contributed by atoms with Gasteiger partial charge < -0.3 is 5.11 Å². The lowest BCUT2D eigenvalue weighted by atomic mass is 10.1. The lowest BCUT2D eigenvalue weighted by molar-refractivity contribution is 0.210. The second-order valence-corrected chi connectivity index (χ2v) is 4.75. The van der Waals surface area contributed by atoms with Crippen LogP contribution in [0, 0.1) is 6.92 Å². The average Bonchev–Trinajstić information content (AvgIpc) is 2.60. The van der Waals surface area contributed by atoms with Gasteiger partial charge in [0.25, 0.3) is 0 Å². The number of aliphatic hydroxyl groups is 1. The number of aromatic nitrogens is 2. The molecule has 1 aromatic heterocycles. The van der Waals surface area contributed by atoms with Crippen LogP contribution < -0.4 is 0 Å². The molecule has 5 heteroatoms. The molecule has 1 atom stereocenters. The highest BCUT2D eigenvalue weighted by atomic mass is 35.5. The Morgan fingerprint density at radius 3 is 2.59 bits per heavy atom. The highest BCUT2D eigenvalue weighted by molar-refractivity contribution is 6.33. The van der Waals surface area contributed by atoms with Crippen molar-refractivity contribution in [2.45, 2.75) is 13.0 Å². The molecule has 1 heterocycles. The Morgan fingerprint density at radius 1 is 1.29 bits per heavy atom. The SMILES string of the molecule is Cc1cc(C(O)c2cc(Cl)ccc2Cl)n(C)n1. The molecular formula is C12H12Cl2N2O. The fourth-order valence-corrected chi connectivity index (χ4v) is 2.17. The maximum atomic E-state index is 10.3. The van der Waals surface area contributed by atoms with Gasteiger partial charge in [-0.3, -0.25) is 4.68 Å². The zero-order chi connectivity index (χ0) is 12.6. The minimum atomic E-state index is -0.826. The van der Waals surface area contributed by atoms with Crippen LogP contribution in [0.3, 0.4) is 0 Å². The summed E-state index contributed by atoms with van der Waals surface area (Å²) in [5.41, 5.74) is 2.12. The van der Waals surface area contributed by atoms with Crippen LogP contribution in [-0.4, -0.2) is 14.9 Å². The van der Waals surface area contributed by atoms with Gasteiger partial charge in [-0.2, -0.15) is 5.10 Å². The minimum Gasteiger partial charge on any atom is -0.382 e. The van der Waals surface area contributed by atoms with Crippen molar-refractivity contribution in [2.24, 2.45) is 7.05 Å². The predicted octanol–water partition coefficient (Wildman–Crippen LogP) is 3.12. The van der Waals surface area contributed by atoms with E-state index in [0.717, 1.165) is 5.69 Å². The van der Waals surface area contributed by atoms with Crippen molar-refractivity contribution >= 4 is 23.2 Å². The smallest absolute Gasteiger partial charge is 0.122 e. The minimum absolute atomic E-state index is 0.487. The van der Waals surface area contributed by atoms with Crippen molar-refractivity contribution in [1.29, 1.82) is 0 Å². The summed E-state index contributed by atoms with van der Waals surface area (Å²) in [7, 11) is 1.78. The molecule has 0 fully saturated rings. The zero-order valence-electron chi connectivity index (χ0n) is 9.48. The van der Waals surface area contributed by atoms with Crippen molar-refractivity contribution in [1.82, 2.24) is 9.78 Å². The molecule has 0 aliphatic heterocycles. The number of aryl methyl sites for hydroxylation is 2. The molecule has 0 saturated heterocycles. The Kier molecular flexibility index (Phi) is 3.43. The summed E-state index contributed by atoms with van der Waals surface area (Å²) in [4.78, 5) is 0. The fourth-order valence-electron chi connectivity index (χ4n) is 1.77. The van der Waals surface area contributed by atoms with E-state index in [1.54, 1.807) is 29.9 Å². The number of rotatable bonds is 2. The van der Waals surface area contributed by atoms with Crippen LogP contribution in [0.4, 0.5) is 0 Å².